The van der Waals surface area contributed by atoms with Crippen molar-refractivity contribution in [2.75, 3.05) is 47.5 Å². The Labute approximate surface area is 319 Å². The molecule has 0 saturated heterocycles. The number of phosphoric ester groups is 1. The Morgan fingerprint density at radius 2 is 1.08 bits per heavy atom. The number of phosphoric acid groups is 1. The van der Waals surface area contributed by atoms with E-state index >= 15 is 0 Å². The van der Waals surface area contributed by atoms with Gasteiger partial charge in [0.05, 0.1) is 27.7 Å². The molecular formula is C42H79NO8P+. The van der Waals surface area contributed by atoms with Crippen LogP contribution in [0.3, 0.4) is 0 Å². The van der Waals surface area contributed by atoms with Gasteiger partial charge in [-0.1, -0.05) is 127 Å². The van der Waals surface area contributed by atoms with Crippen molar-refractivity contribution in [1.82, 2.24) is 0 Å². The molecule has 0 rings (SSSR count). The average Bonchev–Trinajstić information content (AvgIpc) is 3.09. The Hall–Kier alpha value is -1.77. The molecule has 0 aliphatic rings. The molecule has 0 aliphatic heterocycles. The highest BCUT2D eigenvalue weighted by atomic mass is 31.2. The van der Waals surface area contributed by atoms with Gasteiger partial charge in [-0.2, -0.15) is 0 Å². The fourth-order valence-corrected chi connectivity index (χ4v) is 6.08. The Balaban J connectivity index is 4.38. The van der Waals surface area contributed by atoms with Crippen LogP contribution < -0.4 is 0 Å². The maximum Gasteiger partial charge on any atom is 0.472 e. The van der Waals surface area contributed by atoms with Crippen molar-refractivity contribution in [1.29, 1.82) is 0 Å². The van der Waals surface area contributed by atoms with Gasteiger partial charge in [-0.05, 0) is 64.2 Å². The molecule has 10 heteroatoms. The fraction of sp³-hybridized carbons (Fsp3) is 0.810. The number of ether oxygens (including phenoxy) is 2. The second-order valence-corrected chi connectivity index (χ2v) is 16.5. The summed E-state index contributed by atoms with van der Waals surface area (Å²) in [5.41, 5.74) is 0. The van der Waals surface area contributed by atoms with E-state index in [9.17, 15) is 19.0 Å². The van der Waals surface area contributed by atoms with E-state index in [0.717, 1.165) is 77.0 Å². The van der Waals surface area contributed by atoms with E-state index in [-0.39, 0.29) is 32.0 Å². The highest BCUT2D eigenvalue weighted by Crippen LogP contribution is 2.43. The Bertz CT molecular complexity index is 991. The molecule has 0 saturated carbocycles. The molecule has 2 atom stereocenters. The molecule has 0 fully saturated rings. The molecule has 0 amide bonds. The number of nitrogens with zero attached hydrogens (tertiary/aromatic N) is 1. The van der Waals surface area contributed by atoms with E-state index < -0.39 is 26.5 Å². The van der Waals surface area contributed by atoms with Crippen molar-refractivity contribution in [3.05, 3.63) is 36.5 Å². The molecule has 0 aromatic rings. The summed E-state index contributed by atoms with van der Waals surface area (Å²) in [7, 11) is 1.46. The van der Waals surface area contributed by atoms with Crippen LogP contribution >= 0.6 is 7.82 Å². The van der Waals surface area contributed by atoms with Gasteiger partial charge < -0.3 is 18.9 Å². The summed E-state index contributed by atoms with van der Waals surface area (Å²) >= 11 is 0. The van der Waals surface area contributed by atoms with E-state index in [4.69, 9.17) is 18.5 Å². The summed E-state index contributed by atoms with van der Waals surface area (Å²) in [5, 5.41) is 0. The predicted octanol–water partition coefficient (Wildman–Crippen LogP) is 11.4. The van der Waals surface area contributed by atoms with Crippen LogP contribution in [-0.4, -0.2) is 74.9 Å². The van der Waals surface area contributed by atoms with Crippen molar-refractivity contribution in [3.63, 3.8) is 0 Å². The summed E-state index contributed by atoms with van der Waals surface area (Å²) in [4.78, 5) is 35.2. The maximum absolute atomic E-state index is 12.6. The number of rotatable bonds is 37. The minimum absolute atomic E-state index is 0.0283. The molecule has 9 nitrogen and oxygen atoms in total. The van der Waals surface area contributed by atoms with Crippen LogP contribution in [0, 0.1) is 0 Å². The third-order valence-corrected chi connectivity index (χ3v) is 9.61. The molecule has 304 valence electrons. The quantitative estimate of drug-likeness (QED) is 0.0219. The first-order valence-corrected chi connectivity index (χ1v) is 22.2. The average molecular weight is 757 g/mol. The second-order valence-electron chi connectivity index (χ2n) is 15.0. The Kier molecular flexibility index (Phi) is 33.8. The van der Waals surface area contributed by atoms with E-state index in [1.54, 1.807) is 0 Å². The first kappa shape index (κ1) is 50.2. The van der Waals surface area contributed by atoms with Crippen molar-refractivity contribution < 1.29 is 42.1 Å². The summed E-state index contributed by atoms with van der Waals surface area (Å²) in [6.07, 6.45) is 37.6. The number of quaternary nitrogens is 1. The van der Waals surface area contributed by atoms with E-state index in [2.05, 4.69) is 50.3 Å². The molecule has 0 radical (unpaired) electrons. The number of likely N-dealkylation sites (N-methyl/N-ethyl adjacent to an activating group) is 1. The molecule has 52 heavy (non-hydrogen) atoms. The topological polar surface area (TPSA) is 108 Å². The zero-order chi connectivity index (χ0) is 38.6. The van der Waals surface area contributed by atoms with E-state index in [1.807, 2.05) is 21.1 Å². The van der Waals surface area contributed by atoms with Gasteiger partial charge in [0.1, 0.15) is 19.8 Å². The summed E-state index contributed by atoms with van der Waals surface area (Å²) in [6.45, 7) is 4.31. The first-order chi connectivity index (χ1) is 25.0. The van der Waals surface area contributed by atoms with Crippen LogP contribution in [0.1, 0.15) is 168 Å². The zero-order valence-corrected chi connectivity index (χ0v) is 34.9. The number of hydrogen-bond donors (Lipinski definition) is 1. The van der Waals surface area contributed by atoms with Crippen LogP contribution in [0.25, 0.3) is 0 Å². The van der Waals surface area contributed by atoms with Crippen LogP contribution in [0.2, 0.25) is 0 Å². The molecule has 0 aromatic carbocycles. The van der Waals surface area contributed by atoms with Crippen molar-refractivity contribution in [2.45, 2.75) is 174 Å². The number of carbonyl (C=O) groups excluding carboxylic acids is 2. The summed E-state index contributed by atoms with van der Waals surface area (Å²) < 4.78 is 34.2. The van der Waals surface area contributed by atoms with Gasteiger partial charge in [-0.25, -0.2) is 4.57 Å². The molecule has 0 aliphatic carbocycles. The third-order valence-electron chi connectivity index (χ3n) is 8.62. The monoisotopic (exact) mass is 757 g/mol. The lowest BCUT2D eigenvalue weighted by molar-refractivity contribution is -0.870. The van der Waals surface area contributed by atoms with Crippen LogP contribution in [-0.2, 0) is 32.7 Å². The lowest BCUT2D eigenvalue weighted by Crippen LogP contribution is -2.37. The van der Waals surface area contributed by atoms with Crippen molar-refractivity contribution in [3.8, 4) is 0 Å². The number of esters is 2. The fourth-order valence-electron chi connectivity index (χ4n) is 5.34. The highest BCUT2D eigenvalue weighted by Gasteiger charge is 2.27. The molecule has 0 aromatic heterocycles. The lowest BCUT2D eigenvalue weighted by Gasteiger charge is -2.24. The molecular weight excluding hydrogens is 677 g/mol. The minimum Gasteiger partial charge on any atom is -0.462 e. The lowest BCUT2D eigenvalue weighted by atomic mass is 10.1. The SMILES string of the molecule is CCC/C=C\CCCCCCCC(=O)OCC(COP(=O)(O)OCC[N+](C)(C)C)OC(=O)CCCCCCCCC/C=C\C/C=C\CCCCCC. The zero-order valence-electron chi connectivity index (χ0n) is 34.0. The maximum atomic E-state index is 12.6. The second kappa shape index (κ2) is 35.0. The van der Waals surface area contributed by atoms with Gasteiger partial charge in [-0.3, -0.25) is 18.6 Å². The van der Waals surface area contributed by atoms with E-state index in [1.165, 1.54) is 57.8 Å². The standard InChI is InChI=1S/C42H78NO8P/c1-6-8-10-12-14-16-18-19-20-21-22-23-24-25-27-29-31-33-35-42(45)51-40(39-50-52(46,47)49-37-36-43(3,4)5)38-48-41(44)34-32-30-28-26-17-15-13-11-9-7-2/h11,13,16,18,20-21,40H,6-10,12,14-15,17,19,22-39H2,1-5H3/p+1/b13-11-,18-16-,21-20-. The van der Waals surface area contributed by atoms with Crippen molar-refractivity contribution >= 4 is 19.8 Å². The van der Waals surface area contributed by atoms with Gasteiger partial charge in [-0.15, -0.1) is 0 Å². The molecule has 0 heterocycles. The normalized spacial score (nSPS) is 14.0. The highest BCUT2D eigenvalue weighted by molar-refractivity contribution is 7.47. The van der Waals surface area contributed by atoms with Gasteiger partial charge in [0.25, 0.3) is 0 Å². The van der Waals surface area contributed by atoms with Crippen LogP contribution in [0.4, 0.5) is 0 Å². The van der Waals surface area contributed by atoms with Gasteiger partial charge >= 0.3 is 19.8 Å². The van der Waals surface area contributed by atoms with Gasteiger partial charge in [0.15, 0.2) is 6.10 Å². The third kappa shape index (κ3) is 38.0. The van der Waals surface area contributed by atoms with Gasteiger partial charge in [0.2, 0.25) is 0 Å². The molecule has 0 bridgehead atoms. The summed E-state index contributed by atoms with van der Waals surface area (Å²) in [5.74, 6) is -0.822. The Morgan fingerprint density at radius 3 is 1.62 bits per heavy atom. The largest absolute Gasteiger partial charge is 0.472 e. The smallest absolute Gasteiger partial charge is 0.462 e. The van der Waals surface area contributed by atoms with Crippen LogP contribution in [0.5, 0.6) is 0 Å². The molecule has 2 unspecified atom stereocenters. The van der Waals surface area contributed by atoms with E-state index in [0.29, 0.717) is 17.4 Å². The number of carbonyl (C=O) groups is 2. The number of allylic oxidation sites excluding steroid dienone is 6. The van der Waals surface area contributed by atoms with Crippen LogP contribution in [0.15, 0.2) is 36.5 Å². The molecule has 0 spiro atoms. The minimum atomic E-state index is -4.37. The summed E-state index contributed by atoms with van der Waals surface area (Å²) in [6, 6.07) is 0. The number of unbranched alkanes of at least 4 members (excludes halogenated alkanes) is 17. The first-order valence-electron chi connectivity index (χ1n) is 20.7. The van der Waals surface area contributed by atoms with Gasteiger partial charge in [0, 0.05) is 12.8 Å². The predicted molar refractivity (Wildman–Crippen MR) is 215 cm³/mol. The number of hydrogen-bond acceptors (Lipinski definition) is 7. The van der Waals surface area contributed by atoms with Crippen molar-refractivity contribution in [2.24, 2.45) is 0 Å². The molecule has 1 N–H and O–H groups in total. The Morgan fingerprint density at radius 1 is 0.596 bits per heavy atom.